The van der Waals surface area contributed by atoms with Gasteiger partial charge in [-0.15, -0.1) is 11.8 Å². The third kappa shape index (κ3) is 9.40. The van der Waals surface area contributed by atoms with Crippen LogP contribution in [0, 0.1) is 26.7 Å². The largest absolute Gasteiger partial charge is 0.354 e. The Morgan fingerprint density at radius 2 is 1.46 bits per heavy atom. The quantitative estimate of drug-likeness (QED) is 0.309. The molecule has 0 heterocycles. The van der Waals surface area contributed by atoms with Gasteiger partial charge in [0, 0.05) is 25.3 Å². The highest BCUT2D eigenvalue weighted by Crippen LogP contribution is 2.20. The third-order valence-corrected chi connectivity index (χ3v) is 7.19. The zero-order valence-electron chi connectivity index (χ0n) is 22.8. The van der Waals surface area contributed by atoms with E-state index >= 15 is 0 Å². The monoisotopic (exact) mass is 516 g/mol. The molecule has 1 atom stereocenters. The van der Waals surface area contributed by atoms with Crippen molar-refractivity contribution in [2.45, 2.75) is 59.4 Å². The highest BCUT2D eigenvalue weighted by Gasteiger charge is 2.30. The molecule has 0 saturated heterocycles. The van der Waals surface area contributed by atoms with Crippen molar-refractivity contribution in [2.75, 3.05) is 12.3 Å². The Morgan fingerprint density at radius 3 is 2.08 bits per heavy atom. The second-order valence-corrected chi connectivity index (χ2v) is 11.3. The van der Waals surface area contributed by atoms with Gasteiger partial charge in [-0.25, -0.2) is 0 Å². The van der Waals surface area contributed by atoms with E-state index in [9.17, 15) is 9.59 Å². The van der Waals surface area contributed by atoms with Crippen LogP contribution in [0.25, 0.3) is 0 Å². The Morgan fingerprint density at radius 1 is 0.811 bits per heavy atom. The van der Waals surface area contributed by atoms with E-state index < -0.39 is 6.04 Å². The number of nitrogens with zero attached hydrogens (tertiary/aromatic N) is 1. The zero-order valence-corrected chi connectivity index (χ0v) is 23.6. The molecule has 3 aromatic rings. The van der Waals surface area contributed by atoms with Crippen LogP contribution in [-0.4, -0.2) is 35.1 Å². The smallest absolute Gasteiger partial charge is 0.243 e. The highest BCUT2D eigenvalue weighted by molar-refractivity contribution is 7.99. The minimum absolute atomic E-state index is 0.0180. The van der Waals surface area contributed by atoms with Crippen molar-refractivity contribution in [3.63, 3.8) is 0 Å². The second-order valence-electron chi connectivity index (χ2n) is 10.3. The van der Waals surface area contributed by atoms with Crippen molar-refractivity contribution in [3.05, 3.63) is 106 Å². The number of aryl methyl sites for hydroxylation is 3. The minimum atomic E-state index is -0.586. The summed E-state index contributed by atoms with van der Waals surface area (Å²) in [6.45, 7) is 11.4. The molecule has 196 valence electrons. The second kappa shape index (κ2) is 14.0. The number of benzene rings is 3. The van der Waals surface area contributed by atoms with Crippen LogP contribution in [0.3, 0.4) is 0 Å². The van der Waals surface area contributed by atoms with Crippen LogP contribution in [0.2, 0.25) is 0 Å². The van der Waals surface area contributed by atoms with Gasteiger partial charge in [-0.1, -0.05) is 103 Å². The van der Waals surface area contributed by atoms with Gasteiger partial charge in [-0.05, 0) is 43.4 Å². The first kappa shape index (κ1) is 28.5. The Labute approximate surface area is 226 Å². The number of nitrogens with one attached hydrogen (secondary N) is 1. The molecule has 4 nitrogen and oxygen atoms in total. The summed E-state index contributed by atoms with van der Waals surface area (Å²) >= 11 is 1.60. The van der Waals surface area contributed by atoms with Crippen LogP contribution in [0.5, 0.6) is 0 Å². The molecule has 0 aliphatic rings. The molecule has 0 unspecified atom stereocenters. The number of carbonyl (C=O) groups is 2. The van der Waals surface area contributed by atoms with Crippen molar-refractivity contribution >= 4 is 23.6 Å². The van der Waals surface area contributed by atoms with Crippen molar-refractivity contribution < 1.29 is 9.59 Å². The van der Waals surface area contributed by atoms with E-state index in [4.69, 9.17) is 0 Å². The van der Waals surface area contributed by atoms with E-state index in [-0.39, 0.29) is 11.8 Å². The van der Waals surface area contributed by atoms with Gasteiger partial charge in [-0.2, -0.15) is 0 Å². The molecule has 0 spiro atoms. The summed E-state index contributed by atoms with van der Waals surface area (Å²) in [4.78, 5) is 29.0. The summed E-state index contributed by atoms with van der Waals surface area (Å²) in [5.41, 5.74) is 6.90. The fraction of sp³-hybridized carbons (Fsp3) is 0.375. The van der Waals surface area contributed by atoms with Gasteiger partial charge in [0.2, 0.25) is 11.8 Å². The van der Waals surface area contributed by atoms with E-state index in [1.165, 1.54) is 22.3 Å². The lowest BCUT2D eigenvalue weighted by Gasteiger charge is -2.32. The number of hydrogen-bond donors (Lipinski definition) is 1. The molecular weight excluding hydrogens is 476 g/mol. The Kier molecular flexibility index (Phi) is 10.8. The molecule has 0 aliphatic carbocycles. The maximum atomic E-state index is 13.7. The average Bonchev–Trinajstić information content (AvgIpc) is 2.85. The molecule has 1 N–H and O–H groups in total. The Bertz CT molecular complexity index is 1140. The lowest BCUT2D eigenvalue weighted by atomic mass is 10.0. The van der Waals surface area contributed by atoms with Crippen LogP contribution in [-0.2, 0) is 28.3 Å². The van der Waals surface area contributed by atoms with Gasteiger partial charge in [0.05, 0.1) is 5.75 Å². The Hall–Kier alpha value is -3.05. The molecule has 37 heavy (non-hydrogen) atoms. The van der Waals surface area contributed by atoms with Gasteiger partial charge >= 0.3 is 0 Å². The summed E-state index contributed by atoms with van der Waals surface area (Å²) < 4.78 is 0. The average molecular weight is 517 g/mol. The Balaban J connectivity index is 1.84. The van der Waals surface area contributed by atoms with Gasteiger partial charge in [0.1, 0.15) is 6.04 Å². The number of hydrogen-bond acceptors (Lipinski definition) is 3. The van der Waals surface area contributed by atoms with Gasteiger partial charge < -0.3 is 10.2 Å². The summed E-state index contributed by atoms with van der Waals surface area (Å²) in [5, 5.41) is 3.09. The van der Waals surface area contributed by atoms with Gasteiger partial charge in [0.15, 0.2) is 0 Å². The summed E-state index contributed by atoms with van der Waals surface area (Å²) in [6, 6.07) is 24.1. The van der Waals surface area contributed by atoms with E-state index in [1.54, 1.807) is 16.7 Å². The molecule has 3 rings (SSSR count). The normalized spacial score (nSPS) is 11.8. The van der Waals surface area contributed by atoms with Crippen LogP contribution in [0.15, 0.2) is 72.8 Å². The predicted molar refractivity (Wildman–Crippen MR) is 156 cm³/mol. The SMILES string of the molecule is Cc1ccc(CN(C(=O)CSCc2cc(C)cc(C)c2)[C@@H](Cc2ccccc2)C(=O)NCC(C)C)cc1. The zero-order chi connectivity index (χ0) is 26.8. The maximum Gasteiger partial charge on any atom is 0.243 e. The molecule has 5 heteroatoms. The lowest BCUT2D eigenvalue weighted by Crippen LogP contribution is -2.51. The first-order chi connectivity index (χ1) is 17.7. The minimum Gasteiger partial charge on any atom is -0.354 e. The van der Waals surface area contributed by atoms with Gasteiger partial charge in [-0.3, -0.25) is 9.59 Å². The number of carbonyl (C=O) groups excluding carboxylic acids is 2. The molecular formula is C32H40N2O2S. The maximum absolute atomic E-state index is 13.7. The molecule has 2 amide bonds. The fourth-order valence-corrected chi connectivity index (χ4v) is 5.20. The van der Waals surface area contributed by atoms with E-state index in [0.29, 0.717) is 31.2 Å². The molecule has 0 aliphatic heterocycles. The lowest BCUT2D eigenvalue weighted by molar-refractivity contribution is -0.139. The first-order valence-corrected chi connectivity index (χ1v) is 14.2. The molecule has 3 aromatic carbocycles. The van der Waals surface area contributed by atoms with Crippen molar-refractivity contribution in [1.29, 1.82) is 0 Å². The van der Waals surface area contributed by atoms with Crippen LogP contribution >= 0.6 is 11.8 Å². The molecule has 0 aromatic heterocycles. The predicted octanol–water partition coefficient (Wildman–Crippen LogP) is 6.26. The number of amides is 2. The standard InChI is InChI=1S/C32H40N2O2S/c1-23(2)19-33-32(36)30(18-27-9-7-6-8-10-27)34(20-28-13-11-24(3)12-14-28)31(35)22-37-21-29-16-25(4)15-26(5)17-29/h6-17,23,30H,18-22H2,1-5H3,(H,33,36)/t30-/m0/s1. The van der Waals surface area contributed by atoms with Crippen molar-refractivity contribution in [3.8, 4) is 0 Å². The van der Waals surface area contributed by atoms with E-state index in [2.05, 4.69) is 63.3 Å². The topological polar surface area (TPSA) is 49.4 Å². The van der Waals surface area contributed by atoms with Crippen molar-refractivity contribution in [1.82, 2.24) is 10.2 Å². The molecule has 0 fully saturated rings. The van der Waals surface area contributed by atoms with Gasteiger partial charge in [0.25, 0.3) is 0 Å². The highest BCUT2D eigenvalue weighted by atomic mass is 32.2. The molecule has 0 saturated carbocycles. The molecule has 0 radical (unpaired) electrons. The number of rotatable bonds is 12. The van der Waals surface area contributed by atoms with Crippen LogP contribution in [0.4, 0.5) is 0 Å². The van der Waals surface area contributed by atoms with Crippen LogP contribution < -0.4 is 5.32 Å². The third-order valence-electron chi connectivity index (χ3n) is 6.20. The summed E-state index contributed by atoms with van der Waals surface area (Å²) in [7, 11) is 0. The summed E-state index contributed by atoms with van der Waals surface area (Å²) in [6.07, 6.45) is 0.476. The first-order valence-electron chi connectivity index (χ1n) is 13.0. The van der Waals surface area contributed by atoms with E-state index in [0.717, 1.165) is 16.9 Å². The summed E-state index contributed by atoms with van der Waals surface area (Å²) in [5.74, 6) is 1.29. The van der Waals surface area contributed by atoms with Crippen LogP contribution in [0.1, 0.15) is 47.2 Å². The van der Waals surface area contributed by atoms with E-state index in [1.807, 2.05) is 49.4 Å². The number of thioether (sulfide) groups is 1. The fourth-order valence-electron chi connectivity index (χ4n) is 4.36. The molecule has 0 bridgehead atoms. The van der Waals surface area contributed by atoms with Crippen molar-refractivity contribution in [2.24, 2.45) is 5.92 Å².